The summed E-state index contributed by atoms with van der Waals surface area (Å²) in [5.41, 5.74) is 15.5. The topological polar surface area (TPSA) is 90.3 Å². The van der Waals surface area contributed by atoms with Crippen LogP contribution in [0.4, 0.5) is 0 Å². The SMILES string of the molecule is Cc1c(Oc2cccc(CC(N)NNN)c2)c2ccc(Cl)cc2n1Cc1ccccc1. The van der Waals surface area contributed by atoms with Crippen molar-refractivity contribution in [1.29, 1.82) is 0 Å². The van der Waals surface area contributed by atoms with Crippen LogP contribution in [0.25, 0.3) is 10.9 Å². The first-order chi connectivity index (χ1) is 15.0. The Morgan fingerprint density at radius 2 is 1.77 bits per heavy atom. The molecule has 6 nitrogen and oxygen atoms in total. The molecule has 160 valence electrons. The number of hydrogen-bond donors (Lipinski definition) is 4. The van der Waals surface area contributed by atoms with E-state index in [0.717, 1.165) is 40.2 Å². The zero-order valence-electron chi connectivity index (χ0n) is 17.3. The molecule has 1 heterocycles. The van der Waals surface area contributed by atoms with Crippen molar-refractivity contribution >= 4 is 22.5 Å². The van der Waals surface area contributed by atoms with E-state index in [9.17, 15) is 0 Å². The largest absolute Gasteiger partial charge is 0.455 e. The van der Waals surface area contributed by atoms with Gasteiger partial charge in [-0.25, -0.2) is 5.43 Å². The van der Waals surface area contributed by atoms with Crippen LogP contribution in [-0.2, 0) is 13.0 Å². The average Bonchev–Trinajstić information content (AvgIpc) is 3.00. The Labute approximate surface area is 186 Å². The van der Waals surface area contributed by atoms with E-state index in [1.165, 1.54) is 5.56 Å². The van der Waals surface area contributed by atoms with Crippen molar-refractivity contribution in [1.82, 2.24) is 15.5 Å². The van der Waals surface area contributed by atoms with Gasteiger partial charge in [-0.3, -0.25) is 5.84 Å². The monoisotopic (exact) mass is 435 g/mol. The standard InChI is InChI=1S/C24H26ClN5O/c1-16-24(31-20-9-5-8-18(12-20)13-23(26)28-29-27)21-11-10-19(25)14-22(21)30(16)15-17-6-3-2-4-7-17/h2-12,14,23,28-29H,13,15,26-27H2,1H3. The summed E-state index contributed by atoms with van der Waals surface area (Å²) in [7, 11) is 0. The fraction of sp³-hybridized carbons (Fsp3) is 0.167. The molecule has 6 N–H and O–H groups in total. The molecule has 3 aromatic carbocycles. The zero-order chi connectivity index (χ0) is 21.8. The number of ether oxygens (including phenoxy) is 1. The van der Waals surface area contributed by atoms with Crippen molar-refractivity contribution < 1.29 is 4.74 Å². The van der Waals surface area contributed by atoms with Gasteiger partial charge in [0.05, 0.1) is 17.4 Å². The van der Waals surface area contributed by atoms with Crippen LogP contribution in [-0.4, -0.2) is 10.7 Å². The molecule has 4 rings (SSSR count). The normalized spacial score (nSPS) is 12.3. The maximum atomic E-state index is 6.40. The molecule has 0 aliphatic carbocycles. The molecule has 0 aliphatic rings. The van der Waals surface area contributed by atoms with E-state index in [1.54, 1.807) is 0 Å². The van der Waals surface area contributed by atoms with Crippen LogP contribution < -0.4 is 27.3 Å². The first-order valence-corrected chi connectivity index (χ1v) is 10.5. The number of benzene rings is 3. The van der Waals surface area contributed by atoms with E-state index < -0.39 is 0 Å². The van der Waals surface area contributed by atoms with Crippen molar-refractivity contribution in [2.75, 3.05) is 0 Å². The number of hydrogen-bond acceptors (Lipinski definition) is 5. The molecule has 1 unspecified atom stereocenters. The number of halogens is 1. The molecule has 0 bridgehead atoms. The second-order valence-corrected chi connectivity index (χ2v) is 7.93. The van der Waals surface area contributed by atoms with Crippen LogP contribution in [0.5, 0.6) is 11.5 Å². The Morgan fingerprint density at radius 1 is 1.00 bits per heavy atom. The van der Waals surface area contributed by atoms with Crippen molar-refractivity contribution in [3.63, 3.8) is 0 Å². The lowest BCUT2D eigenvalue weighted by Gasteiger charge is -2.13. The summed E-state index contributed by atoms with van der Waals surface area (Å²) in [5.74, 6) is 6.85. The summed E-state index contributed by atoms with van der Waals surface area (Å²) < 4.78 is 8.64. The van der Waals surface area contributed by atoms with Crippen LogP contribution in [0.15, 0.2) is 72.8 Å². The molecule has 0 fully saturated rings. The Kier molecular flexibility index (Phi) is 6.56. The van der Waals surface area contributed by atoms with Gasteiger partial charge in [0, 0.05) is 23.4 Å². The maximum absolute atomic E-state index is 6.40. The number of aromatic nitrogens is 1. The van der Waals surface area contributed by atoms with E-state index in [2.05, 4.69) is 34.6 Å². The third kappa shape index (κ3) is 4.90. The summed E-state index contributed by atoms with van der Waals surface area (Å²) >= 11 is 6.32. The summed E-state index contributed by atoms with van der Waals surface area (Å²) in [4.78, 5) is 0. The molecule has 4 aromatic rings. The summed E-state index contributed by atoms with van der Waals surface area (Å²) in [6.07, 6.45) is 0.295. The summed E-state index contributed by atoms with van der Waals surface area (Å²) in [6.45, 7) is 2.81. The lowest BCUT2D eigenvalue weighted by Crippen LogP contribution is -2.50. The zero-order valence-corrected chi connectivity index (χ0v) is 18.1. The minimum atomic E-state index is -0.308. The molecule has 1 aromatic heterocycles. The molecule has 0 radical (unpaired) electrons. The van der Waals surface area contributed by atoms with E-state index in [4.69, 9.17) is 27.9 Å². The third-order valence-electron chi connectivity index (χ3n) is 5.25. The quantitative estimate of drug-likeness (QED) is 0.189. The number of nitrogens with zero attached hydrogens (tertiary/aromatic N) is 1. The van der Waals surface area contributed by atoms with Gasteiger partial charge in [0.2, 0.25) is 0 Å². The smallest absolute Gasteiger partial charge is 0.155 e. The van der Waals surface area contributed by atoms with Crippen molar-refractivity contribution in [2.24, 2.45) is 11.6 Å². The van der Waals surface area contributed by atoms with E-state index in [1.807, 2.05) is 60.7 Å². The van der Waals surface area contributed by atoms with Crippen molar-refractivity contribution in [2.45, 2.75) is 26.1 Å². The van der Waals surface area contributed by atoms with Gasteiger partial charge in [0.25, 0.3) is 0 Å². The lowest BCUT2D eigenvalue weighted by atomic mass is 10.1. The highest BCUT2D eigenvalue weighted by atomic mass is 35.5. The Hall–Kier alpha value is -2.87. The van der Waals surface area contributed by atoms with Gasteiger partial charge in [-0.05, 0) is 48.4 Å². The minimum Gasteiger partial charge on any atom is -0.455 e. The van der Waals surface area contributed by atoms with Gasteiger partial charge in [-0.15, -0.1) is 0 Å². The average molecular weight is 436 g/mol. The van der Waals surface area contributed by atoms with Crippen LogP contribution in [0.2, 0.25) is 5.02 Å². The predicted octanol–water partition coefficient (Wildman–Crippen LogP) is 4.24. The predicted molar refractivity (Wildman–Crippen MR) is 126 cm³/mol. The third-order valence-corrected chi connectivity index (χ3v) is 5.49. The molecule has 0 amide bonds. The number of hydrazine groups is 2. The summed E-state index contributed by atoms with van der Waals surface area (Å²) in [5, 5.41) is 1.72. The van der Waals surface area contributed by atoms with Gasteiger partial charge in [-0.2, -0.15) is 5.53 Å². The first kappa shape index (κ1) is 21.4. The van der Waals surface area contributed by atoms with E-state index >= 15 is 0 Å². The van der Waals surface area contributed by atoms with E-state index in [-0.39, 0.29) is 6.17 Å². The molecule has 1 atom stereocenters. The second-order valence-electron chi connectivity index (χ2n) is 7.50. The first-order valence-electron chi connectivity index (χ1n) is 10.1. The fourth-order valence-electron chi connectivity index (χ4n) is 3.78. The Bertz CT molecular complexity index is 1180. The second kappa shape index (κ2) is 9.51. The number of nitrogens with two attached hydrogens (primary N) is 2. The fourth-order valence-corrected chi connectivity index (χ4v) is 3.95. The molecular formula is C24H26ClN5O. The van der Waals surface area contributed by atoms with Crippen LogP contribution >= 0.6 is 11.6 Å². The maximum Gasteiger partial charge on any atom is 0.155 e. The minimum absolute atomic E-state index is 0.308. The molecule has 0 saturated heterocycles. The highest BCUT2D eigenvalue weighted by Crippen LogP contribution is 2.38. The molecule has 7 heteroatoms. The molecule has 0 aliphatic heterocycles. The number of rotatable bonds is 8. The van der Waals surface area contributed by atoms with Crippen LogP contribution in [0, 0.1) is 6.92 Å². The van der Waals surface area contributed by atoms with Gasteiger partial charge in [0.15, 0.2) is 5.75 Å². The number of nitrogens with one attached hydrogen (secondary N) is 2. The molecule has 0 saturated carbocycles. The Balaban J connectivity index is 1.69. The molecule has 0 spiro atoms. The van der Waals surface area contributed by atoms with Gasteiger partial charge in [-0.1, -0.05) is 54.1 Å². The van der Waals surface area contributed by atoms with E-state index in [0.29, 0.717) is 11.4 Å². The highest BCUT2D eigenvalue weighted by Gasteiger charge is 2.17. The highest BCUT2D eigenvalue weighted by molar-refractivity contribution is 6.31. The van der Waals surface area contributed by atoms with Gasteiger partial charge < -0.3 is 15.0 Å². The molecular weight excluding hydrogens is 410 g/mol. The van der Waals surface area contributed by atoms with Crippen LogP contribution in [0.3, 0.4) is 0 Å². The van der Waals surface area contributed by atoms with Crippen molar-refractivity contribution in [3.05, 3.63) is 94.6 Å². The Morgan fingerprint density at radius 3 is 2.55 bits per heavy atom. The van der Waals surface area contributed by atoms with Crippen LogP contribution in [0.1, 0.15) is 16.8 Å². The van der Waals surface area contributed by atoms with Gasteiger partial charge in [0.1, 0.15) is 5.75 Å². The van der Waals surface area contributed by atoms with Gasteiger partial charge >= 0.3 is 0 Å². The number of fused-ring (bicyclic) bond motifs is 1. The molecule has 31 heavy (non-hydrogen) atoms. The lowest BCUT2D eigenvalue weighted by molar-refractivity contribution is 0.442. The van der Waals surface area contributed by atoms with Crippen molar-refractivity contribution in [3.8, 4) is 11.5 Å². The summed E-state index contributed by atoms with van der Waals surface area (Å²) in [6, 6.07) is 24.2.